The minimum Gasteiger partial charge on any atom is -0.489 e. The minimum atomic E-state index is -0.779. The van der Waals surface area contributed by atoms with Crippen molar-refractivity contribution in [1.82, 2.24) is 25.0 Å². The van der Waals surface area contributed by atoms with Gasteiger partial charge in [0.25, 0.3) is 5.91 Å². The number of carbonyl (C=O) groups is 1. The number of hydrogen-bond donors (Lipinski definition) is 1. The van der Waals surface area contributed by atoms with Gasteiger partial charge in [0.1, 0.15) is 29.8 Å². The maximum atomic E-state index is 14.0. The molecule has 34 heavy (non-hydrogen) atoms. The van der Waals surface area contributed by atoms with Crippen LogP contribution in [-0.4, -0.2) is 45.3 Å². The first kappa shape index (κ1) is 23.6. The van der Waals surface area contributed by atoms with Gasteiger partial charge in [0.15, 0.2) is 5.82 Å². The lowest BCUT2D eigenvalue weighted by Gasteiger charge is -2.21. The Hall–Kier alpha value is -3.59. The van der Waals surface area contributed by atoms with Crippen LogP contribution < -0.4 is 10.1 Å². The summed E-state index contributed by atoms with van der Waals surface area (Å²) in [5.74, 6) is 0.0932. The molecule has 2 aromatic carbocycles. The van der Waals surface area contributed by atoms with Gasteiger partial charge in [-0.15, -0.1) is 10.2 Å². The number of rotatable bonds is 8. The van der Waals surface area contributed by atoms with E-state index in [1.807, 2.05) is 22.8 Å². The van der Waals surface area contributed by atoms with E-state index in [0.29, 0.717) is 25.4 Å². The first-order valence-electron chi connectivity index (χ1n) is 11.2. The van der Waals surface area contributed by atoms with Crippen LogP contribution in [0.1, 0.15) is 40.5 Å². The van der Waals surface area contributed by atoms with Gasteiger partial charge in [-0.3, -0.25) is 9.69 Å². The highest BCUT2D eigenvalue weighted by molar-refractivity contribution is 5.94. The van der Waals surface area contributed by atoms with Gasteiger partial charge in [0.2, 0.25) is 0 Å². The molecule has 0 unspecified atom stereocenters. The molecule has 2 heterocycles. The van der Waals surface area contributed by atoms with Crippen LogP contribution in [0.2, 0.25) is 0 Å². The number of amides is 1. The van der Waals surface area contributed by atoms with Gasteiger partial charge in [0, 0.05) is 38.2 Å². The largest absolute Gasteiger partial charge is 0.489 e. The van der Waals surface area contributed by atoms with Gasteiger partial charge in [0.05, 0.1) is 11.6 Å². The van der Waals surface area contributed by atoms with Crippen molar-refractivity contribution in [2.24, 2.45) is 0 Å². The smallest absolute Gasteiger partial charge is 0.254 e. The molecule has 1 N–H and O–H groups in total. The fraction of sp³-hybridized carbons (Fsp3) is 0.320. The molecule has 1 amide bonds. The lowest BCUT2D eigenvalue weighted by molar-refractivity contribution is 0.0933. The molecule has 1 aliphatic heterocycles. The van der Waals surface area contributed by atoms with Crippen molar-refractivity contribution in [3.8, 4) is 5.75 Å². The zero-order valence-electron chi connectivity index (χ0n) is 19.0. The maximum Gasteiger partial charge on any atom is 0.254 e. The Kier molecular flexibility index (Phi) is 7.32. The fourth-order valence-electron chi connectivity index (χ4n) is 4.04. The van der Waals surface area contributed by atoms with E-state index in [1.165, 1.54) is 0 Å². The van der Waals surface area contributed by atoms with Gasteiger partial charge in [-0.05, 0) is 31.2 Å². The highest BCUT2D eigenvalue weighted by atomic mass is 19.1. The second-order valence-corrected chi connectivity index (χ2v) is 8.18. The van der Waals surface area contributed by atoms with Crippen LogP contribution >= 0.6 is 0 Å². The zero-order chi connectivity index (χ0) is 24.1. The highest BCUT2D eigenvalue weighted by Crippen LogP contribution is 2.22. The van der Waals surface area contributed by atoms with Crippen molar-refractivity contribution in [3.05, 3.63) is 89.5 Å². The van der Waals surface area contributed by atoms with Gasteiger partial charge < -0.3 is 14.6 Å². The molecule has 0 fully saturated rings. The van der Waals surface area contributed by atoms with Crippen molar-refractivity contribution < 1.29 is 18.3 Å². The van der Waals surface area contributed by atoms with Crippen LogP contribution in [0.15, 0.2) is 55.1 Å². The van der Waals surface area contributed by atoms with Crippen LogP contribution in [-0.2, 0) is 19.5 Å². The summed E-state index contributed by atoms with van der Waals surface area (Å²) in [7, 11) is 0. The third-order valence-electron chi connectivity index (χ3n) is 5.78. The fourth-order valence-corrected chi connectivity index (χ4v) is 4.04. The second-order valence-electron chi connectivity index (χ2n) is 8.18. The summed E-state index contributed by atoms with van der Waals surface area (Å²) in [5.41, 5.74) is 0.756. The normalized spacial score (nSPS) is 14.7. The minimum absolute atomic E-state index is 0.342. The summed E-state index contributed by atoms with van der Waals surface area (Å²) >= 11 is 0. The molecule has 9 heteroatoms. The number of fused-ring (bicyclic) bond motifs is 1. The molecule has 1 atom stereocenters. The lowest BCUT2D eigenvalue weighted by atomic mass is 10.1. The topological polar surface area (TPSA) is 72.3 Å². The van der Waals surface area contributed by atoms with E-state index in [9.17, 15) is 13.6 Å². The molecule has 178 valence electrons. The highest BCUT2D eigenvalue weighted by Gasteiger charge is 2.24. The predicted molar refractivity (Wildman–Crippen MR) is 123 cm³/mol. The molecule has 4 rings (SSSR count). The molecule has 0 saturated carbocycles. The van der Waals surface area contributed by atoms with Crippen molar-refractivity contribution >= 4 is 5.91 Å². The van der Waals surface area contributed by atoms with E-state index < -0.39 is 23.6 Å². The van der Waals surface area contributed by atoms with E-state index in [0.717, 1.165) is 55.0 Å². The van der Waals surface area contributed by atoms with E-state index in [4.69, 9.17) is 4.74 Å². The average Bonchev–Trinajstić information content (AvgIpc) is 3.14. The number of hydrogen-bond acceptors (Lipinski definition) is 5. The van der Waals surface area contributed by atoms with Gasteiger partial charge in [-0.1, -0.05) is 30.9 Å². The van der Waals surface area contributed by atoms with Crippen LogP contribution in [0.3, 0.4) is 0 Å². The quantitative estimate of drug-likeness (QED) is 0.512. The van der Waals surface area contributed by atoms with Gasteiger partial charge in [-0.2, -0.15) is 0 Å². The van der Waals surface area contributed by atoms with E-state index in [1.54, 1.807) is 13.0 Å². The second kappa shape index (κ2) is 10.6. The number of benzene rings is 2. The molecule has 3 aromatic rings. The Bertz CT molecular complexity index is 1180. The van der Waals surface area contributed by atoms with Crippen molar-refractivity contribution in [2.45, 2.75) is 32.5 Å². The third-order valence-corrected chi connectivity index (χ3v) is 5.78. The van der Waals surface area contributed by atoms with Gasteiger partial charge >= 0.3 is 0 Å². The Morgan fingerprint density at radius 3 is 2.85 bits per heavy atom. The monoisotopic (exact) mass is 467 g/mol. The molecule has 7 nitrogen and oxygen atoms in total. The van der Waals surface area contributed by atoms with Crippen molar-refractivity contribution in [2.75, 3.05) is 19.7 Å². The third kappa shape index (κ3) is 5.31. The van der Waals surface area contributed by atoms with E-state index >= 15 is 0 Å². The standard InChI is InChI=1S/C25H27F2N5O2/c1-3-14-34-22-7-5-4-6-18(22)16-31-11-10-23-29-30-24(32(23)13-12-31)17(2)28-25(33)20-15-19(26)8-9-21(20)27/h3-9,15,17H,1,10-14,16H2,2H3,(H,28,33)/t17-/m0/s1. The molecule has 1 aromatic heterocycles. The summed E-state index contributed by atoms with van der Waals surface area (Å²) in [4.78, 5) is 14.8. The molecule has 0 bridgehead atoms. The molecule has 0 saturated heterocycles. The number of ether oxygens (including phenoxy) is 1. The number of para-hydroxylation sites is 1. The lowest BCUT2D eigenvalue weighted by Crippen LogP contribution is -2.30. The Balaban J connectivity index is 1.43. The number of aromatic nitrogens is 3. The summed E-state index contributed by atoms with van der Waals surface area (Å²) in [5, 5.41) is 11.3. The zero-order valence-corrected chi connectivity index (χ0v) is 19.0. The number of carbonyl (C=O) groups excluding carboxylic acids is 1. The summed E-state index contributed by atoms with van der Waals surface area (Å²) in [6, 6.07) is 10.2. The first-order valence-corrected chi connectivity index (χ1v) is 11.2. The SMILES string of the molecule is C=CCOc1ccccc1CN1CCc2nnc([C@H](C)NC(=O)c3cc(F)ccc3F)n2CC1. The Morgan fingerprint density at radius 1 is 1.21 bits per heavy atom. The molecule has 0 spiro atoms. The van der Waals surface area contributed by atoms with E-state index in [-0.39, 0.29) is 5.56 Å². The average molecular weight is 468 g/mol. The molecule has 0 radical (unpaired) electrons. The summed E-state index contributed by atoms with van der Waals surface area (Å²) in [6.45, 7) is 8.83. The van der Waals surface area contributed by atoms with Gasteiger partial charge in [-0.25, -0.2) is 8.78 Å². The van der Waals surface area contributed by atoms with Crippen LogP contribution in [0, 0.1) is 11.6 Å². The maximum absolute atomic E-state index is 14.0. The molecule has 1 aliphatic rings. The van der Waals surface area contributed by atoms with E-state index in [2.05, 4.69) is 33.1 Å². The molecular formula is C25H27F2N5O2. The van der Waals surface area contributed by atoms with Crippen LogP contribution in [0.5, 0.6) is 5.75 Å². The van der Waals surface area contributed by atoms with Crippen LogP contribution in [0.4, 0.5) is 8.78 Å². The molecule has 0 aliphatic carbocycles. The number of halogens is 2. The first-order chi connectivity index (χ1) is 16.5. The predicted octanol–water partition coefficient (Wildman–Crippen LogP) is 3.67. The van der Waals surface area contributed by atoms with Crippen molar-refractivity contribution in [1.29, 1.82) is 0 Å². The summed E-state index contributed by atoms with van der Waals surface area (Å²) < 4.78 is 35.2. The van der Waals surface area contributed by atoms with Crippen molar-refractivity contribution in [3.63, 3.8) is 0 Å². The van der Waals surface area contributed by atoms with Crippen LogP contribution in [0.25, 0.3) is 0 Å². The Morgan fingerprint density at radius 2 is 2.03 bits per heavy atom. The Labute approximate surface area is 197 Å². The molecular weight excluding hydrogens is 440 g/mol. The number of nitrogens with zero attached hydrogens (tertiary/aromatic N) is 4. The number of nitrogens with one attached hydrogen (secondary N) is 1. The summed E-state index contributed by atoms with van der Waals surface area (Å²) in [6.07, 6.45) is 2.42.